The highest BCUT2D eigenvalue weighted by atomic mass is 19.2. The second-order valence-electron chi connectivity index (χ2n) is 8.10. The van der Waals surface area contributed by atoms with Gasteiger partial charge in [0.15, 0.2) is 23.4 Å². The lowest BCUT2D eigenvalue weighted by atomic mass is 10.0. The Bertz CT molecular complexity index is 894. The molecule has 0 atom stereocenters. The van der Waals surface area contributed by atoms with E-state index in [-0.39, 0.29) is 6.04 Å². The SMILES string of the molecule is COCCCNC(=NCc1nnc(C)n1C)NC1CCN(Cc2ccc(F)c(F)c2)CC1. The van der Waals surface area contributed by atoms with E-state index in [2.05, 4.69) is 25.7 Å². The molecule has 1 aliphatic heterocycles. The highest BCUT2D eigenvalue weighted by Crippen LogP contribution is 2.16. The summed E-state index contributed by atoms with van der Waals surface area (Å²) >= 11 is 0. The smallest absolute Gasteiger partial charge is 0.191 e. The molecule has 176 valence electrons. The number of benzene rings is 1. The number of aromatic nitrogens is 3. The molecule has 8 nitrogen and oxygen atoms in total. The van der Waals surface area contributed by atoms with Crippen molar-refractivity contribution in [3.63, 3.8) is 0 Å². The van der Waals surface area contributed by atoms with Crippen LogP contribution in [-0.2, 0) is 24.9 Å². The zero-order valence-corrected chi connectivity index (χ0v) is 19.1. The maximum absolute atomic E-state index is 13.5. The van der Waals surface area contributed by atoms with Crippen LogP contribution < -0.4 is 10.6 Å². The van der Waals surface area contributed by atoms with Crippen LogP contribution in [0.15, 0.2) is 23.2 Å². The first-order valence-corrected chi connectivity index (χ1v) is 11.0. The first kappa shape index (κ1) is 24.1. The minimum absolute atomic E-state index is 0.283. The van der Waals surface area contributed by atoms with Crippen LogP contribution in [0.5, 0.6) is 0 Å². The molecule has 10 heteroatoms. The van der Waals surface area contributed by atoms with Crippen molar-refractivity contribution in [3.8, 4) is 0 Å². The van der Waals surface area contributed by atoms with E-state index in [1.165, 1.54) is 12.1 Å². The summed E-state index contributed by atoms with van der Waals surface area (Å²) in [5.41, 5.74) is 0.788. The van der Waals surface area contributed by atoms with E-state index < -0.39 is 11.6 Å². The number of hydrogen-bond donors (Lipinski definition) is 2. The second-order valence-corrected chi connectivity index (χ2v) is 8.10. The van der Waals surface area contributed by atoms with Gasteiger partial charge in [-0.15, -0.1) is 10.2 Å². The molecule has 0 saturated carbocycles. The molecular weight excluding hydrogens is 416 g/mol. The molecule has 0 radical (unpaired) electrons. The number of nitrogens with zero attached hydrogens (tertiary/aromatic N) is 5. The molecule has 1 aromatic carbocycles. The molecule has 1 aliphatic rings. The fourth-order valence-electron chi connectivity index (χ4n) is 3.64. The standard InChI is InChI=1S/C22H33F2N7O/c1-16-28-29-21(30(16)2)14-26-22(25-9-4-12-32-3)27-18-7-10-31(11-8-18)15-17-5-6-19(23)20(24)13-17/h5-6,13,18H,4,7-12,14-15H2,1-3H3,(H2,25,26,27). The fourth-order valence-corrected chi connectivity index (χ4v) is 3.64. The number of methoxy groups -OCH3 is 1. The summed E-state index contributed by atoms with van der Waals surface area (Å²) in [6.45, 7) is 6.15. The van der Waals surface area contributed by atoms with Gasteiger partial charge in [0, 0.05) is 53.0 Å². The third-order valence-electron chi connectivity index (χ3n) is 5.70. The van der Waals surface area contributed by atoms with E-state index in [1.807, 2.05) is 18.5 Å². The van der Waals surface area contributed by atoms with E-state index in [0.717, 1.165) is 62.1 Å². The van der Waals surface area contributed by atoms with Gasteiger partial charge in [-0.2, -0.15) is 0 Å². The van der Waals surface area contributed by atoms with Crippen LogP contribution in [0.4, 0.5) is 8.78 Å². The number of likely N-dealkylation sites (tertiary alicyclic amines) is 1. The first-order valence-electron chi connectivity index (χ1n) is 11.0. The van der Waals surface area contributed by atoms with Gasteiger partial charge in [-0.25, -0.2) is 13.8 Å². The van der Waals surface area contributed by atoms with Crippen molar-refractivity contribution in [1.82, 2.24) is 30.3 Å². The van der Waals surface area contributed by atoms with Crippen LogP contribution in [0, 0.1) is 18.6 Å². The van der Waals surface area contributed by atoms with Crippen LogP contribution in [0.3, 0.4) is 0 Å². The zero-order valence-electron chi connectivity index (χ0n) is 19.1. The number of ether oxygens (including phenoxy) is 1. The molecule has 0 bridgehead atoms. The molecule has 0 aliphatic carbocycles. The molecule has 0 amide bonds. The Hall–Kier alpha value is -2.59. The van der Waals surface area contributed by atoms with Crippen LogP contribution in [-0.4, -0.2) is 65.0 Å². The number of hydrogen-bond acceptors (Lipinski definition) is 5. The van der Waals surface area contributed by atoms with Gasteiger partial charge in [0.1, 0.15) is 12.4 Å². The van der Waals surface area contributed by atoms with Crippen molar-refractivity contribution in [2.45, 2.75) is 45.3 Å². The summed E-state index contributed by atoms with van der Waals surface area (Å²) in [6.07, 6.45) is 2.75. The first-order chi connectivity index (χ1) is 15.5. The third kappa shape index (κ3) is 6.96. The predicted molar refractivity (Wildman–Crippen MR) is 119 cm³/mol. The van der Waals surface area contributed by atoms with Crippen LogP contribution >= 0.6 is 0 Å². The monoisotopic (exact) mass is 449 g/mol. The van der Waals surface area contributed by atoms with Gasteiger partial charge in [0.2, 0.25) is 0 Å². The molecule has 32 heavy (non-hydrogen) atoms. The Balaban J connectivity index is 1.53. The van der Waals surface area contributed by atoms with E-state index in [4.69, 9.17) is 9.73 Å². The largest absolute Gasteiger partial charge is 0.385 e. The maximum atomic E-state index is 13.5. The number of guanidine groups is 1. The van der Waals surface area contributed by atoms with E-state index in [0.29, 0.717) is 19.7 Å². The number of nitrogens with one attached hydrogen (secondary N) is 2. The van der Waals surface area contributed by atoms with Gasteiger partial charge in [-0.1, -0.05) is 6.07 Å². The van der Waals surface area contributed by atoms with Crippen LogP contribution in [0.2, 0.25) is 0 Å². The topological polar surface area (TPSA) is 79.6 Å². The lowest BCUT2D eigenvalue weighted by Gasteiger charge is -2.33. The quantitative estimate of drug-likeness (QED) is 0.347. The van der Waals surface area contributed by atoms with E-state index >= 15 is 0 Å². The minimum atomic E-state index is -0.807. The molecule has 2 heterocycles. The highest BCUT2D eigenvalue weighted by molar-refractivity contribution is 5.80. The fraction of sp³-hybridized carbons (Fsp3) is 0.591. The van der Waals surface area contributed by atoms with Crippen molar-refractivity contribution in [2.24, 2.45) is 12.0 Å². The molecule has 1 aromatic heterocycles. The lowest BCUT2D eigenvalue weighted by Crippen LogP contribution is -2.48. The van der Waals surface area contributed by atoms with Crippen molar-refractivity contribution < 1.29 is 13.5 Å². The predicted octanol–water partition coefficient (Wildman–Crippen LogP) is 2.14. The number of halogens is 2. The summed E-state index contributed by atoms with van der Waals surface area (Å²) in [4.78, 5) is 6.96. The summed E-state index contributed by atoms with van der Waals surface area (Å²) in [5.74, 6) is 0.810. The van der Waals surface area contributed by atoms with Gasteiger partial charge < -0.3 is 19.9 Å². The Morgan fingerprint density at radius 2 is 2.00 bits per heavy atom. The van der Waals surface area contributed by atoms with Crippen molar-refractivity contribution >= 4 is 5.96 Å². The van der Waals surface area contributed by atoms with Gasteiger partial charge in [0.05, 0.1) is 0 Å². The Kier molecular flexibility index (Phi) is 8.92. The molecule has 0 unspecified atom stereocenters. The molecule has 3 rings (SSSR count). The highest BCUT2D eigenvalue weighted by Gasteiger charge is 2.20. The normalized spacial score (nSPS) is 15.8. The van der Waals surface area contributed by atoms with Gasteiger partial charge in [0.25, 0.3) is 0 Å². The lowest BCUT2D eigenvalue weighted by molar-refractivity contribution is 0.194. The number of aryl methyl sites for hydroxylation is 1. The van der Waals surface area contributed by atoms with Crippen LogP contribution in [0.1, 0.15) is 36.5 Å². The van der Waals surface area contributed by atoms with Crippen molar-refractivity contribution in [2.75, 3.05) is 33.4 Å². The second kappa shape index (κ2) is 11.9. The Morgan fingerprint density at radius 1 is 1.22 bits per heavy atom. The molecule has 1 saturated heterocycles. The molecule has 2 aromatic rings. The molecular formula is C22H33F2N7O. The molecule has 1 fully saturated rings. The number of piperidine rings is 1. The van der Waals surface area contributed by atoms with Crippen molar-refractivity contribution in [3.05, 3.63) is 47.0 Å². The third-order valence-corrected chi connectivity index (χ3v) is 5.70. The number of rotatable bonds is 9. The average Bonchev–Trinajstić information content (AvgIpc) is 3.11. The van der Waals surface area contributed by atoms with Gasteiger partial charge >= 0.3 is 0 Å². The van der Waals surface area contributed by atoms with E-state index in [9.17, 15) is 8.78 Å². The summed E-state index contributed by atoms with van der Waals surface area (Å²) in [6, 6.07) is 4.40. The molecule has 0 spiro atoms. The zero-order chi connectivity index (χ0) is 22.9. The van der Waals surface area contributed by atoms with E-state index in [1.54, 1.807) is 13.2 Å². The Morgan fingerprint density at radius 3 is 2.66 bits per heavy atom. The van der Waals surface area contributed by atoms with Crippen molar-refractivity contribution in [1.29, 1.82) is 0 Å². The van der Waals surface area contributed by atoms with Crippen LogP contribution in [0.25, 0.3) is 0 Å². The Labute approximate surface area is 188 Å². The minimum Gasteiger partial charge on any atom is -0.385 e. The summed E-state index contributed by atoms with van der Waals surface area (Å²) in [5, 5.41) is 15.2. The summed E-state index contributed by atoms with van der Waals surface area (Å²) < 4.78 is 33.7. The number of aliphatic imine (C=N–C) groups is 1. The average molecular weight is 450 g/mol. The van der Waals surface area contributed by atoms with Gasteiger partial charge in [-0.05, 0) is 43.9 Å². The summed E-state index contributed by atoms with van der Waals surface area (Å²) in [7, 11) is 3.62. The maximum Gasteiger partial charge on any atom is 0.191 e. The van der Waals surface area contributed by atoms with Gasteiger partial charge in [-0.3, -0.25) is 4.90 Å². The molecule has 2 N–H and O–H groups in total.